The fourth-order valence-corrected chi connectivity index (χ4v) is 3.52. The fourth-order valence-electron chi connectivity index (χ4n) is 3.52. The fraction of sp³-hybridized carbons (Fsp3) is 0.562. The number of carbonyl (C=O) groups is 1. The van der Waals surface area contributed by atoms with Crippen molar-refractivity contribution < 1.29 is 9.18 Å². The van der Waals surface area contributed by atoms with Crippen molar-refractivity contribution in [3.05, 3.63) is 29.6 Å². The average molecular weight is 276 g/mol. The zero-order chi connectivity index (χ0) is 14.1. The third kappa shape index (κ3) is 2.57. The molecule has 2 fully saturated rings. The Morgan fingerprint density at radius 1 is 1.35 bits per heavy atom. The highest BCUT2D eigenvalue weighted by molar-refractivity contribution is 5.95. The molecule has 1 heterocycles. The van der Waals surface area contributed by atoms with Gasteiger partial charge in [0, 0.05) is 6.04 Å². The molecule has 0 bridgehead atoms. The monoisotopic (exact) mass is 276 g/mol. The standard InChI is InChI=1S/C16H21FN2O/c1-10-5-4-7-12(17)15(10)19-16(20)14-9-11-6-2-3-8-13(11)18-14/h4-5,7,11,13-14,18H,2-3,6,8-9H2,1H3,(H,19,20). The van der Waals surface area contributed by atoms with Crippen molar-refractivity contribution >= 4 is 11.6 Å². The van der Waals surface area contributed by atoms with Crippen LogP contribution in [0.1, 0.15) is 37.7 Å². The van der Waals surface area contributed by atoms with Gasteiger partial charge in [0.25, 0.3) is 0 Å². The Labute approximate surface area is 118 Å². The molecule has 3 nitrogen and oxygen atoms in total. The highest BCUT2D eigenvalue weighted by Crippen LogP contribution is 2.33. The number of para-hydroxylation sites is 1. The van der Waals surface area contributed by atoms with Gasteiger partial charge in [-0.25, -0.2) is 4.39 Å². The summed E-state index contributed by atoms with van der Waals surface area (Å²) in [5.41, 5.74) is 1.07. The van der Waals surface area contributed by atoms with Crippen LogP contribution >= 0.6 is 0 Å². The predicted molar refractivity (Wildman–Crippen MR) is 77.1 cm³/mol. The van der Waals surface area contributed by atoms with Crippen LogP contribution in [0.2, 0.25) is 0 Å². The van der Waals surface area contributed by atoms with Crippen LogP contribution in [0.4, 0.5) is 10.1 Å². The van der Waals surface area contributed by atoms with Crippen molar-refractivity contribution in [2.45, 2.75) is 51.1 Å². The molecule has 1 saturated carbocycles. The van der Waals surface area contributed by atoms with Crippen LogP contribution in [0.3, 0.4) is 0 Å². The van der Waals surface area contributed by atoms with Gasteiger partial charge < -0.3 is 10.6 Å². The number of halogens is 1. The van der Waals surface area contributed by atoms with Crippen LogP contribution in [0.25, 0.3) is 0 Å². The Kier molecular flexibility index (Phi) is 3.74. The Morgan fingerprint density at radius 2 is 2.15 bits per heavy atom. The zero-order valence-electron chi connectivity index (χ0n) is 11.8. The summed E-state index contributed by atoms with van der Waals surface area (Å²) in [5.74, 6) is 0.141. The van der Waals surface area contributed by atoms with Crippen LogP contribution in [0.5, 0.6) is 0 Å². The molecule has 1 aliphatic heterocycles. The number of hydrogen-bond acceptors (Lipinski definition) is 2. The van der Waals surface area contributed by atoms with Crippen LogP contribution in [-0.2, 0) is 4.79 Å². The van der Waals surface area contributed by atoms with Crippen molar-refractivity contribution in [3.8, 4) is 0 Å². The lowest BCUT2D eigenvalue weighted by Gasteiger charge is -2.24. The summed E-state index contributed by atoms with van der Waals surface area (Å²) >= 11 is 0. The zero-order valence-corrected chi connectivity index (χ0v) is 11.8. The largest absolute Gasteiger partial charge is 0.322 e. The van der Waals surface area contributed by atoms with E-state index in [0.717, 1.165) is 18.4 Å². The first-order valence-electron chi connectivity index (χ1n) is 7.47. The van der Waals surface area contributed by atoms with E-state index in [1.54, 1.807) is 19.1 Å². The Hall–Kier alpha value is -1.42. The lowest BCUT2D eigenvalue weighted by Crippen LogP contribution is -2.40. The van der Waals surface area contributed by atoms with E-state index in [0.29, 0.717) is 17.6 Å². The van der Waals surface area contributed by atoms with Gasteiger partial charge in [-0.15, -0.1) is 0 Å². The summed E-state index contributed by atoms with van der Waals surface area (Å²) in [6, 6.07) is 5.14. The van der Waals surface area contributed by atoms with Crippen molar-refractivity contribution in [2.75, 3.05) is 5.32 Å². The van der Waals surface area contributed by atoms with Crippen molar-refractivity contribution in [2.24, 2.45) is 5.92 Å². The Balaban J connectivity index is 1.68. The van der Waals surface area contributed by atoms with E-state index >= 15 is 0 Å². The minimum atomic E-state index is -0.367. The number of rotatable bonds is 2. The third-order valence-electron chi connectivity index (χ3n) is 4.65. The van der Waals surface area contributed by atoms with Crippen LogP contribution in [0, 0.1) is 18.7 Å². The molecule has 1 amide bonds. The summed E-state index contributed by atoms with van der Waals surface area (Å²) in [6.45, 7) is 1.81. The van der Waals surface area contributed by atoms with Gasteiger partial charge in [0.1, 0.15) is 5.82 Å². The molecular weight excluding hydrogens is 255 g/mol. The first-order chi connectivity index (χ1) is 9.65. The lowest BCUT2D eigenvalue weighted by atomic mass is 9.85. The minimum Gasteiger partial charge on any atom is -0.322 e. The predicted octanol–water partition coefficient (Wildman–Crippen LogP) is 2.99. The quantitative estimate of drug-likeness (QED) is 0.872. The molecule has 4 heteroatoms. The van der Waals surface area contributed by atoms with E-state index in [9.17, 15) is 9.18 Å². The topological polar surface area (TPSA) is 41.1 Å². The van der Waals surface area contributed by atoms with Crippen LogP contribution < -0.4 is 10.6 Å². The molecule has 1 aromatic rings. The Bertz CT molecular complexity index is 483. The number of hydrogen-bond donors (Lipinski definition) is 2. The van der Waals surface area contributed by atoms with E-state index in [-0.39, 0.29) is 17.8 Å². The molecule has 0 radical (unpaired) electrons. The SMILES string of the molecule is Cc1cccc(F)c1NC(=O)C1CC2CCCCC2N1. The van der Waals surface area contributed by atoms with E-state index < -0.39 is 0 Å². The molecule has 3 atom stereocenters. The molecule has 1 aromatic carbocycles. The number of anilines is 1. The summed E-state index contributed by atoms with van der Waals surface area (Å²) in [4.78, 5) is 12.3. The molecule has 0 spiro atoms. The number of nitrogens with one attached hydrogen (secondary N) is 2. The van der Waals surface area contributed by atoms with Gasteiger partial charge in [-0.2, -0.15) is 0 Å². The van der Waals surface area contributed by atoms with Gasteiger partial charge in [0.15, 0.2) is 0 Å². The first kappa shape index (κ1) is 13.6. The molecule has 3 unspecified atom stereocenters. The van der Waals surface area contributed by atoms with Crippen molar-refractivity contribution in [3.63, 3.8) is 0 Å². The molecule has 1 aliphatic carbocycles. The van der Waals surface area contributed by atoms with Gasteiger partial charge in [-0.05, 0) is 43.7 Å². The minimum absolute atomic E-state index is 0.104. The number of benzene rings is 1. The van der Waals surface area contributed by atoms with Gasteiger partial charge in [0.05, 0.1) is 11.7 Å². The maximum Gasteiger partial charge on any atom is 0.241 e. The number of fused-ring (bicyclic) bond motifs is 1. The summed E-state index contributed by atoms with van der Waals surface area (Å²) < 4.78 is 13.8. The van der Waals surface area contributed by atoms with Gasteiger partial charge in [-0.1, -0.05) is 25.0 Å². The lowest BCUT2D eigenvalue weighted by molar-refractivity contribution is -0.117. The molecule has 2 N–H and O–H groups in total. The highest BCUT2D eigenvalue weighted by Gasteiger charge is 2.38. The molecule has 1 saturated heterocycles. The maximum absolute atomic E-state index is 13.8. The van der Waals surface area contributed by atoms with Crippen molar-refractivity contribution in [1.29, 1.82) is 0 Å². The van der Waals surface area contributed by atoms with E-state index in [1.807, 2.05) is 0 Å². The first-order valence-corrected chi connectivity index (χ1v) is 7.47. The van der Waals surface area contributed by atoms with Gasteiger partial charge in [-0.3, -0.25) is 4.79 Å². The summed E-state index contributed by atoms with van der Waals surface area (Å²) in [7, 11) is 0. The van der Waals surface area contributed by atoms with Gasteiger partial charge in [0.2, 0.25) is 5.91 Å². The molecule has 108 valence electrons. The highest BCUT2D eigenvalue weighted by atomic mass is 19.1. The van der Waals surface area contributed by atoms with Gasteiger partial charge >= 0.3 is 0 Å². The molecule has 20 heavy (non-hydrogen) atoms. The van der Waals surface area contributed by atoms with Crippen LogP contribution in [0.15, 0.2) is 18.2 Å². The summed E-state index contributed by atoms with van der Waals surface area (Å²) in [6.07, 6.45) is 5.76. The second-order valence-electron chi connectivity index (χ2n) is 6.03. The van der Waals surface area contributed by atoms with E-state index in [4.69, 9.17) is 0 Å². The second kappa shape index (κ2) is 5.52. The molecule has 3 rings (SSSR count). The molecule has 0 aromatic heterocycles. The van der Waals surface area contributed by atoms with E-state index in [1.165, 1.54) is 25.3 Å². The summed E-state index contributed by atoms with van der Waals surface area (Å²) in [5, 5.41) is 6.17. The van der Waals surface area contributed by atoms with Crippen LogP contribution in [-0.4, -0.2) is 18.0 Å². The number of aryl methyl sites for hydroxylation is 1. The van der Waals surface area contributed by atoms with E-state index in [2.05, 4.69) is 10.6 Å². The Morgan fingerprint density at radius 3 is 2.90 bits per heavy atom. The second-order valence-corrected chi connectivity index (χ2v) is 6.03. The smallest absolute Gasteiger partial charge is 0.241 e. The molecular formula is C16H21FN2O. The average Bonchev–Trinajstić information content (AvgIpc) is 2.87. The normalized spacial score (nSPS) is 29.0. The maximum atomic E-state index is 13.8. The number of carbonyl (C=O) groups excluding carboxylic acids is 1. The van der Waals surface area contributed by atoms with Crippen molar-refractivity contribution in [1.82, 2.24) is 5.32 Å². The molecule has 2 aliphatic rings. The third-order valence-corrected chi connectivity index (χ3v) is 4.65. The number of amides is 1.